The van der Waals surface area contributed by atoms with Crippen molar-refractivity contribution in [3.8, 4) is 0 Å². The molecule has 1 aliphatic rings. The second kappa shape index (κ2) is 8.30. The SMILES string of the molecule is CCn1nccc1CCN1C[C@@H](C(=O)OC)C[C@H](c2ccccc2)C1. The van der Waals surface area contributed by atoms with Crippen LogP contribution in [0.5, 0.6) is 0 Å². The molecule has 0 spiro atoms. The molecule has 5 heteroatoms. The number of aryl methyl sites for hydroxylation is 1. The molecular formula is C20H27N3O2. The number of carbonyl (C=O) groups excluding carboxylic acids is 1. The fourth-order valence-corrected chi connectivity index (χ4v) is 3.81. The van der Waals surface area contributed by atoms with Crippen molar-refractivity contribution < 1.29 is 9.53 Å². The van der Waals surface area contributed by atoms with E-state index in [0.717, 1.165) is 39.0 Å². The van der Waals surface area contributed by atoms with Gasteiger partial charge in [0, 0.05) is 44.5 Å². The van der Waals surface area contributed by atoms with Gasteiger partial charge >= 0.3 is 5.97 Å². The zero-order valence-corrected chi connectivity index (χ0v) is 15.1. The Labute approximate surface area is 149 Å². The Kier molecular flexibility index (Phi) is 5.87. The monoisotopic (exact) mass is 341 g/mol. The van der Waals surface area contributed by atoms with Crippen LogP contribution in [0.25, 0.3) is 0 Å². The largest absolute Gasteiger partial charge is 0.469 e. The van der Waals surface area contributed by atoms with Gasteiger partial charge in [0.15, 0.2) is 0 Å². The first-order valence-electron chi connectivity index (χ1n) is 9.07. The number of hydrogen-bond donors (Lipinski definition) is 0. The summed E-state index contributed by atoms with van der Waals surface area (Å²) < 4.78 is 7.07. The third kappa shape index (κ3) is 4.28. The molecular weight excluding hydrogens is 314 g/mol. The molecule has 1 saturated heterocycles. The highest BCUT2D eigenvalue weighted by Crippen LogP contribution is 2.31. The molecule has 0 amide bonds. The summed E-state index contributed by atoms with van der Waals surface area (Å²) in [4.78, 5) is 14.6. The Morgan fingerprint density at radius 3 is 2.76 bits per heavy atom. The predicted molar refractivity (Wildman–Crippen MR) is 97.4 cm³/mol. The lowest BCUT2D eigenvalue weighted by molar-refractivity contribution is -0.147. The van der Waals surface area contributed by atoms with Gasteiger partial charge in [-0.05, 0) is 30.9 Å². The fraction of sp³-hybridized carbons (Fsp3) is 0.500. The van der Waals surface area contributed by atoms with Gasteiger partial charge in [0.25, 0.3) is 0 Å². The molecule has 5 nitrogen and oxygen atoms in total. The molecule has 2 atom stereocenters. The van der Waals surface area contributed by atoms with E-state index in [1.807, 2.05) is 16.9 Å². The fourth-order valence-electron chi connectivity index (χ4n) is 3.81. The van der Waals surface area contributed by atoms with Gasteiger partial charge in [0.05, 0.1) is 13.0 Å². The highest BCUT2D eigenvalue weighted by Gasteiger charge is 2.32. The Bertz CT molecular complexity index is 683. The summed E-state index contributed by atoms with van der Waals surface area (Å²) >= 11 is 0. The number of ether oxygens (including phenoxy) is 1. The van der Waals surface area contributed by atoms with Gasteiger partial charge in [-0.2, -0.15) is 5.10 Å². The molecule has 0 aliphatic carbocycles. The maximum absolute atomic E-state index is 12.2. The van der Waals surface area contributed by atoms with Crippen molar-refractivity contribution in [2.75, 3.05) is 26.7 Å². The van der Waals surface area contributed by atoms with Crippen LogP contribution in [0.2, 0.25) is 0 Å². The number of carbonyl (C=O) groups is 1. The lowest BCUT2D eigenvalue weighted by Gasteiger charge is -2.37. The zero-order valence-electron chi connectivity index (χ0n) is 15.1. The first-order chi connectivity index (χ1) is 12.2. The van der Waals surface area contributed by atoms with Gasteiger partial charge in [-0.3, -0.25) is 9.48 Å². The molecule has 2 aromatic rings. The van der Waals surface area contributed by atoms with Crippen molar-refractivity contribution in [2.24, 2.45) is 5.92 Å². The number of rotatable bonds is 6. The average molecular weight is 341 g/mol. The van der Waals surface area contributed by atoms with Crippen LogP contribution in [-0.4, -0.2) is 47.4 Å². The third-order valence-electron chi connectivity index (χ3n) is 5.12. The van der Waals surface area contributed by atoms with Gasteiger partial charge in [-0.15, -0.1) is 0 Å². The minimum atomic E-state index is -0.0933. The summed E-state index contributed by atoms with van der Waals surface area (Å²) in [5.74, 6) is 0.222. The van der Waals surface area contributed by atoms with Crippen molar-refractivity contribution >= 4 is 5.97 Å². The first kappa shape index (κ1) is 17.7. The lowest BCUT2D eigenvalue weighted by atomic mass is 9.84. The predicted octanol–water partition coefficient (Wildman–Crippen LogP) is 2.72. The maximum Gasteiger partial charge on any atom is 0.309 e. The second-order valence-corrected chi connectivity index (χ2v) is 6.71. The van der Waals surface area contributed by atoms with Crippen LogP contribution in [0.4, 0.5) is 0 Å². The number of nitrogens with zero attached hydrogens (tertiary/aromatic N) is 3. The van der Waals surface area contributed by atoms with Crippen LogP contribution in [0.1, 0.15) is 30.5 Å². The van der Waals surface area contributed by atoms with E-state index in [0.29, 0.717) is 5.92 Å². The lowest BCUT2D eigenvalue weighted by Crippen LogP contribution is -2.43. The molecule has 0 unspecified atom stereocenters. The highest BCUT2D eigenvalue weighted by molar-refractivity contribution is 5.72. The van der Waals surface area contributed by atoms with E-state index in [2.05, 4.69) is 47.3 Å². The summed E-state index contributed by atoms with van der Waals surface area (Å²) in [6.07, 6.45) is 3.67. The Hall–Kier alpha value is -2.14. The molecule has 0 N–H and O–H groups in total. The van der Waals surface area contributed by atoms with Crippen molar-refractivity contribution in [2.45, 2.75) is 32.2 Å². The number of methoxy groups -OCH3 is 1. The summed E-state index contributed by atoms with van der Waals surface area (Å²) in [5.41, 5.74) is 2.55. The number of esters is 1. The molecule has 2 heterocycles. The minimum absolute atomic E-state index is 0.0555. The van der Waals surface area contributed by atoms with Crippen LogP contribution in [-0.2, 0) is 22.5 Å². The van der Waals surface area contributed by atoms with Crippen LogP contribution in [0, 0.1) is 5.92 Å². The molecule has 134 valence electrons. The standard InChI is InChI=1S/C20H27N3O2/c1-3-23-19(9-11-21-23)10-12-22-14-17(16-7-5-4-6-8-16)13-18(15-22)20(24)25-2/h4-9,11,17-18H,3,10,12-15H2,1-2H3/t17-,18-/m0/s1. The van der Waals surface area contributed by atoms with Crippen LogP contribution >= 0.6 is 0 Å². The number of hydrogen-bond acceptors (Lipinski definition) is 4. The molecule has 1 aromatic carbocycles. The molecule has 0 saturated carbocycles. The van der Waals surface area contributed by atoms with Crippen molar-refractivity contribution in [1.29, 1.82) is 0 Å². The summed E-state index contributed by atoms with van der Waals surface area (Å²) in [5, 5.41) is 4.34. The molecule has 1 aliphatic heterocycles. The quantitative estimate of drug-likeness (QED) is 0.758. The molecule has 0 radical (unpaired) electrons. The van der Waals surface area contributed by atoms with Crippen molar-refractivity contribution in [3.05, 3.63) is 53.9 Å². The number of benzene rings is 1. The summed E-state index contributed by atoms with van der Waals surface area (Å²) in [7, 11) is 1.48. The molecule has 1 fully saturated rings. The zero-order chi connectivity index (χ0) is 17.6. The average Bonchev–Trinajstić information content (AvgIpc) is 3.13. The van der Waals surface area contributed by atoms with Gasteiger partial charge in [-0.1, -0.05) is 30.3 Å². The normalized spacial score (nSPS) is 21.2. The van der Waals surface area contributed by atoms with Crippen molar-refractivity contribution in [1.82, 2.24) is 14.7 Å². The molecule has 3 rings (SSSR count). The number of likely N-dealkylation sites (tertiary alicyclic amines) is 1. The van der Waals surface area contributed by atoms with Gasteiger partial charge < -0.3 is 9.64 Å². The van der Waals surface area contributed by atoms with E-state index in [1.54, 1.807) is 0 Å². The van der Waals surface area contributed by atoms with Crippen molar-refractivity contribution in [3.63, 3.8) is 0 Å². The smallest absolute Gasteiger partial charge is 0.309 e. The number of piperidine rings is 1. The molecule has 25 heavy (non-hydrogen) atoms. The maximum atomic E-state index is 12.2. The Morgan fingerprint density at radius 2 is 2.04 bits per heavy atom. The van der Waals surface area contributed by atoms with E-state index in [9.17, 15) is 4.79 Å². The van der Waals surface area contributed by atoms with E-state index < -0.39 is 0 Å². The molecule has 0 bridgehead atoms. The Morgan fingerprint density at radius 1 is 1.24 bits per heavy atom. The van der Waals surface area contributed by atoms with E-state index in [4.69, 9.17) is 4.74 Å². The van der Waals surface area contributed by atoms with Crippen LogP contribution in [0.3, 0.4) is 0 Å². The van der Waals surface area contributed by atoms with Crippen LogP contribution < -0.4 is 0 Å². The topological polar surface area (TPSA) is 47.4 Å². The third-order valence-corrected chi connectivity index (χ3v) is 5.12. The highest BCUT2D eigenvalue weighted by atomic mass is 16.5. The van der Waals surface area contributed by atoms with Gasteiger partial charge in [0.2, 0.25) is 0 Å². The first-order valence-corrected chi connectivity index (χ1v) is 9.07. The van der Waals surface area contributed by atoms with Gasteiger partial charge in [0.1, 0.15) is 0 Å². The summed E-state index contributed by atoms with van der Waals surface area (Å²) in [6, 6.07) is 12.6. The second-order valence-electron chi connectivity index (χ2n) is 6.71. The van der Waals surface area contributed by atoms with Gasteiger partial charge in [-0.25, -0.2) is 0 Å². The summed E-state index contributed by atoms with van der Waals surface area (Å²) in [6.45, 7) is 5.69. The Balaban J connectivity index is 1.70. The molecule has 1 aromatic heterocycles. The van der Waals surface area contributed by atoms with Crippen LogP contribution in [0.15, 0.2) is 42.6 Å². The van der Waals surface area contributed by atoms with E-state index in [1.165, 1.54) is 18.4 Å². The van der Waals surface area contributed by atoms with E-state index >= 15 is 0 Å². The van der Waals surface area contributed by atoms with E-state index in [-0.39, 0.29) is 11.9 Å². The minimum Gasteiger partial charge on any atom is -0.469 e. The number of aromatic nitrogens is 2.